The van der Waals surface area contributed by atoms with E-state index in [0.717, 1.165) is 5.56 Å². The van der Waals surface area contributed by atoms with Crippen LogP contribution in [0.5, 0.6) is 5.75 Å². The van der Waals surface area contributed by atoms with E-state index in [0.29, 0.717) is 38.7 Å². The highest BCUT2D eigenvalue weighted by atomic mass is 35.5. The summed E-state index contributed by atoms with van der Waals surface area (Å²) >= 11 is 6.25. The lowest BCUT2D eigenvalue weighted by Crippen LogP contribution is -2.27. The Morgan fingerprint density at radius 2 is 2.03 bits per heavy atom. The minimum Gasteiger partial charge on any atom is -0.495 e. The molecule has 4 aromatic rings. The zero-order valence-corrected chi connectivity index (χ0v) is 16.6. The van der Waals surface area contributed by atoms with E-state index >= 15 is 0 Å². The summed E-state index contributed by atoms with van der Waals surface area (Å²) in [5.74, 6) is -0.0166. The first-order chi connectivity index (χ1) is 14.5. The third kappa shape index (κ3) is 2.93. The van der Waals surface area contributed by atoms with E-state index in [2.05, 4.69) is 20.5 Å². The number of rotatable bonds is 3. The number of methoxy groups -OCH3 is 1. The van der Waals surface area contributed by atoms with Gasteiger partial charge in [-0.3, -0.25) is 9.59 Å². The molecule has 3 heterocycles. The van der Waals surface area contributed by atoms with Crippen LogP contribution < -0.4 is 15.6 Å². The Kier molecular flexibility index (Phi) is 4.29. The maximum Gasteiger partial charge on any atom is 0.251 e. The van der Waals surface area contributed by atoms with Crippen LogP contribution in [0.2, 0.25) is 5.02 Å². The lowest BCUT2D eigenvalue weighted by molar-refractivity contribution is -0.116. The van der Waals surface area contributed by atoms with Gasteiger partial charge in [-0.2, -0.15) is 4.80 Å². The van der Waals surface area contributed by atoms with Crippen molar-refractivity contribution in [2.45, 2.75) is 12.3 Å². The van der Waals surface area contributed by atoms with Gasteiger partial charge in [-0.15, -0.1) is 10.2 Å². The van der Waals surface area contributed by atoms with Crippen LogP contribution in [0.1, 0.15) is 23.5 Å². The zero-order chi connectivity index (χ0) is 20.8. The van der Waals surface area contributed by atoms with Crippen molar-refractivity contribution in [3.05, 3.63) is 75.2 Å². The summed E-state index contributed by atoms with van der Waals surface area (Å²) in [5.41, 5.74) is 3.63. The molecule has 150 valence electrons. The van der Waals surface area contributed by atoms with E-state index in [9.17, 15) is 9.59 Å². The number of nitrogens with zero attached hydrogens (tertiary/aromatic N) is 3. The van der Waals surface area contributed by atoms with Crippen LogP contribution in [-0.2, 0) is 4.79 Å². The number of hydrogen-bond acceptors (Lipinski definition) is 5. The van der Waals surface area contributed by atoms with Gasteiger partial charge < -0.3 is 15.0 Å². The number of halogens is 1. The molecule has 1 aliphatic rings. The molecule has 0 unspecified atom stereocenters. The molecule has 2 N–H and O–H groups in total. The van der Waals surface area contributed by atoms with Crippen LogP contribution in [0.4, 0.5) is 5.69 Å². The maximum absolute atomic E-state index is 12.4. The van der Waals surface area contributed by atoms with Gasteiger partial charge >= 0.3 is 0 Å². The van der Waals surface area contributed by atoms with Crippen LogP contribution in [0, 0.1) is 0 Å². The SMILES string of the molecule is COc1ccc(-n2nc3ccc4c(c3n2)[C@@H](c2ccc[nH]c2=O)CC(=O)N4)cc1Cl. The average molecular weight is 422 g/mol. The fourth-order valence-corrected chi connectivity index (χ4v) is 4.07. The molecular weight excluding hydrogens is 406 g/mol. The van der Waals surface area contributed by atoms with Crippen molar-refractivity contribution in [1.82, 2.24) is 20.0 Å². The normalized spacial score (nSPS) is 15.7. The second kappa shape index (κ2) is 7.00. The summed E-state index contributed by atoms with van der Waals surface area (Å²) in [4.78, 5) is 28.9. The van der Waals surface area contributed by atoms with Gasteiger partial charge in [-0.25, -0.2) is 0 Å². The Hall–Kier alpha value is -3.65. The molecule has 0 bridgehead atoms. The molecule has 30 heavy (non-hydrogen) atoms. The van der Waals surface area contributed by atoms with Crippen molar-refractivity contribution >= 4 is 34.2 Å². The number of benzene rings is 2. The molecule has 0 spiro atoms. The summed E-state index contributed by atoms with van der Waals surface area (Å²) in [5, 5.41) is 12.6. The molecule has 1 atom stereocenters. The molecule has 9 heteroatoms. The molecule has 2 aromatic heterocycles. The van der Waals surface area contributed by atoms with E-state index in [-0.39, 0.29) is 17.9 Å². The van der Waals surface area contributed by atoms with Crippen molar-refractivity contribution in [1.29, 1.82) is 0 Å². The molecule has 2 aromatic carbocycles. The quantitative estimate of drug-likeness (QED) is 0.528. The number of aromatic nitrogens is 4. The first-order valence-electron chi connectivity index (χ1n) is 9.26. The van der Waals surface area contributed by atoms with E-state index in [4.69, 9.17) is 16.3 Å². The fourth-order valence-electron chi connectivity index (χ4n) is 3.82. The number of nitrogens with one attached hydrogen (secondary N) is 2. The number of carbonyl (C=O) groups is 1. The Morgan fingerprint density at radius 3 is 2.80 bits per heavy atom. The minimum atomic E-state index is -0.424. The first kappa shape index (κ1) is 18.4. The van der Waals surface area contributed by atoms with E-state index in [1.165, 1.54) is 4.80 Å². The number of fused-ring (bicyclic) bond motifs is 3. The van der Waals surface area contributed by atoms with Gasteiger partial charge in [0.25, 0.3) is 5.56 Å². The summed E-state index contributed by atoms with van der Waals surface area (Å²) in [6.07, 6.45) is 1.72. The number of amides is 1. The van der Waals surface area contributed by atoms with Crippen molar-refractivity contribution < 1.29 is 9.53 Å². The molecular formula is C21H16ClN5O3. The van der Waals surface area contributed by atoms with E-state index in [1.54, 1.807) is 55.8 Å². The number of anilines is 1. The highest BCUT2D eigenvalue weighted by molar-refractivity contribution is 6.32. The van der Waals surface area contributed by atoms with Gasteiger partial charge in [-0.1, -0.05) is 17.7 Å². The Morgan fingerprint density at radius 1 is 1.17 bits per heavy atom. The predicted octanol–water partition coefficient (Wildman–Crippen LogP) is 3.24. The molecule has 0 radical (unpaired) electrons. The van der Waals surface area contributed by atoms with Crippen molar-refractivity contribution in [2.24, 2.45) is 0 Å². The molecule has 0 saturated carbocycles. The minimum absolute atomic E-state index is 0.149. The number of hydrogen-bond donors (Lipinski definition) is 2. The van der Waals surface area contributed by atoms with Gasteiger partial charge in [0.05, 0.1) is 17.8 Å². The second-order valence-electron chi connectivity index (χ2n) is 6.96. The van der Waals surface area contributed by atoms with E-state index < -0.39 is 5.92 Å². The van der Waals surface area contributed by atoms with E-state index in [1.807, 2.05) is 0 Å². The van der Waals surface area contributed by atoms with Crippen LogP contribution >= 0.6 is 11.6 Å². The number of H-pyrrole nitrogens is 1. The smallest absolute Gasteiger partial charge is 0.251 e. The maximum atomic E-state index is 12.4. The molecule has 8 nitrogen and oxygen atoms in total. The van der Waals surface area contributed by atoms with Crippen molar-refractivity contribution in [2.75, 3.05) is 12.4 Å². The van der Waals surface area contributed by atoms with Gasteiger partial charge in [0.1, 0.15) is 16.8 Å². The van der Waals surface area contributed by atoms with Gasteiger partial charge in [0, 0.05) is 35.3 Å². The summed E-state index contributed by atoms with van der Waals surface area (Å²) in [6, 6.07) is 12.3. The fraction of sp³-hybridized carbons (Fsp3) is 0.143. The van der Waals surface area contributed by atoms with Crippen molar-refractivity contribution in [3.63, 3.8) is 0 Å². The van der Waals surface area contributed by atoms with Crippen LogP contribution in [0.3, 0.4) is 0 Å². The summed E-state index contributed by atoms with van der Waals surface area (Å²) in [7, 11) is 1.55. The Balaban J connectivity index is 1.70. The molecule has 0 fully saturated rings. The summed E-state index contributed by atoms with van der Waals surface area (Å²) < 4.78 is 5.20. The molecule has 0 aliphatic carbocycles. The first-order valence-corrected chi connectivity index (χ1v) is 9.64. The predicted molar refractivity (Wildman–Crippen MR) is 113 cm³/mol. The van der Waals surface area contributed by atoms with Crippen LogP contribution in [0.25, 0.3) is 16.7 Å². The third-order valence-corrected chi connectivity index (χ3v) is 5.49. The van der Waals surface area contributed by atoms with Gasteiger partial charge in [0.2, 0.25) is 5.91 Å². The third-order valence-electron chi connectivity index (χ3n) is 5.20. The Labute approximate surface area is 175 Å². The molecule has 0 saturated heterocycles. The number of carbonyl (C=O) groups excluding carboxylic acids is 1. The standard InChI is InChI=1S/C21H16ClN5O3/c1-30-17-7-4-11(9-14(17)22)27-25-16-6-5-15-19(20(16)26-27)13(10-18(28)24-15)12-3-2-8-23-21(12)29/h2-9,13H,10H2,1H3,(H,23,29)(H,24,28)/t13-/m1/s1. The van der Waals surface area contributed by atoms with Crippen LogP contribution in [0.15, 0.2) is 53.5 Å². The topological polar surface area (TPSA) is 102 Å². The van der Waals surface area contributed by atoms with Crippen molar-refractivity contribution in [3.8, 4) is 11.4 Å². The zero-order valence-electron chi connectivity index (χ0n) is 15.8. The molecule has 1 amide bonds. The molecule has 1 aliphatic heterocycles. The monoisotopic (exact) mass is 421 g/mol. The lowest BCUT2D eigenvalue weighted by Gasteiger charge is -2.25. The highest BCUT2D eigenvalue weighted by Gasteiger charge is 2.31. The summed E-state index contributed by atoms with van der Waals surface area (Å²) in [6.45, 7) is 0. The molecule has 5 rings (SSSR count). The van der Waals surface area contributed by atoms with Gasteiger partial charge in [-0.05, 0) is 36.4 Å². The number of pyridine rings is 1. The van der Waals surface area contributed by atoms with Crippen LogP contribution in [-0.4, -0.2) is 33.0 Å². The Bertz CT molecular complexity index is 1360. The lowest BCUT2D eigenvalue weighted by atomic mass is 9.84. The number of aromatic amines is 1. The van der Waals surface area contributed by atoms with Gasteiger partial charge in [0.15, 0.2) is 0 Å². The number of ether oxygens (including phenoxy) is 1. The second-order valence-corrected chi connectivity index (χ2v) is 7.37. The largest absolute Gasteiger partial charge is 0.495 e. The highest BCUT2D eigenvalue weighted by Crippen LogP contribution is 2.39. The average Bonchev–Trinajstić information content (AvgIpc) is 3.18.